The number of aliphatic hydroxyl groups is 1. The van der Waals surface area contributed by atoms with Crippen LogP contribution in [0.2, 0.25) is 0 Å². The number of nitrogens with zero attached hydrogens (tertiary/aromatic N) is 3. The first-order chi connectivity index (χ1) is 11.2. The van der Waals surface area contributed by atoms with E-state index in [-0.39, 0.29) is 30.1 Å². The molecule has 1 heterocycles. The van der Waals surface area contributed by atoms with Crippen molar-refractivity contribution in [2.45, 2.75) is 24.5 Å². The maximum Gasteiger partial charge on any atom is 0.369 e. The zero-order valence-corrected chi connectivity index (χ0v) is 14.7. The van der Waals surface area contributed by atoms with E-state index >= 15 is 0 Å². The highest BCUT2D eigenvalue weighted by atomic mass is 31.2. The van der Waals surface area contributed by atoms with Gasteiger partial charge in [-0.25, -0.2) is 0 Å². The van der Waals surface area contributed by atoms with Gasteiger partial charge in [0.1, 0.15) is 0 Å². The summed E-state index contributed by atoms with van der Waals surface area (Å²) in [5.74, 6) is -1.07. The third-order valence-corrected chi connectivity index (χ3v) is 7.20. The highest BCUT2D eigenvalue weighted by Gasteiger charge is 2.58. The van der Waals surface area contributed by atoms with Crippen molar-refractivity contribution in [3.63, 3.8) is 0 Å². The van der Waals surface area contributed by atoms with Crippen LogP contribution in [0.15, 0.2) is 4.63 Å². The lowest BCUT2D eigenvalue weighted by molar-refractivity contribution is -0.803. The Morgan fingerprint density at radius 2 is 1.88 bits per heavy atom. The molecule has 0 bridgehead atoms. The van der Waals surface area contributed by atoms with E-state index in [1.807, 2.05) is 0 Å². The minimum absolute atomic E-state index is 0.0216. The molecule has 14 nitrogen and oxygen atoms in total. The molecular weight excluding hydrogens is 386 g/mol. The van der Waals surface area contributed by atoms with Crippen LogP contribution in [0.4, 0.5) is 0 Å². The fourth-order valence-electron chi connectivity index (χ4n) is 1.99. The predicted molar refractivity (Wildman–Crippen MR) is 78.6 cm³/mol. The number of carbonyl (C=O) groups is 1. The average Bonchev–Trinajstić information content (AvgIpc) is 2.76. The standard InChI is InChI=1S/C9H18N4O10P2/c1-12(5-6-7(8(10)14)13(16)23-11-6)4-2-3-9(15,24(17,18)19)25(20,21)22/h15H,2-5H2,1H3,(H2,10,14)(H2,17,18,19)(H2,20,21,22). The quantitative estimate of drug-likeness (QED) is 0.187. The number of hydrogen-bond donors (Lipinski definition) is 6. The summed E-state index contributed by atoms with van der Waals surface area (Å²) in [5, 5.41) is 20.8. The van der Waals surface area contributed by atoms with Gasteiger partial charge in [0.05, 0.1) is 6.54 Å². The largest absolute Gasteiger partial charge is 0.369 e. The first-order valence-corrected chi connectivity index (χ1v) is 9.84. The molecule has 0 aliphatic heterocycles. The smallest absolute Gasteiger partial charge is 0.368 e. The van der Waals surface area contributed by atoms with Gasteiger partial charge in [-0.15, -0.1) is 0 Å². The van der Waals surface area contributed by atoms with E-state index < -0.39 is 38.3 Å². The summed E-state index contributed by atoms with van der Waals surface area (Å²) in [7, 11) is -9.56. The Balaban J connectivity index is 2.74. The summed E-state index contributed by atoms with van der Waals surface area (Å²) in [6, 6.07) is 0. The Morgan fingerprint density at radius 1 is 1.36 bits per heavy atom. The van der Waals surface area contributed by atoms with E-state index in [4.69, 9.17) is 25.3 Å². The second-order valence-electron chi connectivity index (χ2n) is 5.29. The van der Waals surface area contributed by atoms with Gasteiger partial charge in [-0.1, -0.05) is 0 Å². The Morgan fingerprint density at radius 3 is 2.32 bits per heavy atom. The molecule has 0 spiro atoms. The number of aromatic nitrogens is 2. The van der Waals surface area contributed by atoms with Gasteiger partial charge in [-0.2, -0.15) is 0 Å². The van der Waals surface area contributed by atoms with Crippen LogP contribution in [0.5, 0.6) is 0 Å². The summed E-state index contributed by atoms with van der Waals surface area (Å²) in [6.45, 7) is -0.145. The van der Waals surface area contributed by atoms with Crippen LogP contribution >= 0.6 is 15.2 Å². The average molecular weight is 404 g/mol. The lowest BCUT2D eigenvalue weighted by Crippen LogP contribution is -2.36. The van der Waals surface area contributed by atoms with Crippen molar-refractivity contribution in [3.8, 4) is 0 Å². The second kappa shape index (κ2) is 7.48. The van der Waals surface area contributed by atoms with Crippen LogP contribution < -0.4 is 10.6 Å². The van der Waals surface area contributed by atoms with E-state index in [2.05, 4.69) is 9.79 Å². The van der Waals surface area contributed by atoms with Crippen molar-refractivity contribution >= 4 is 21.1 Å². The highest BCUT2D eigenvalue weighted by Crippen LogP contribution is 2.69. The molecule has 1 aromatic heterocycles. The van der Waals surface area contributed by atoms with E-state index in [1.54, 1.807) is 0 Å². The van der Waals surface area contributed by atoms with Crippen molar-refractivity contribution in [2.75, 3.05) is 13.6 Å². The summed E-state index contributed by atoms with van der Waals surface area (Å²) in [5.41, 5.74) is 4.39. The molecule has 0 unspecified atom stereocenters. The molecule has 0 saturated heterocycles. The van der Waals surface area contributed by atoms with Gasteiger partial charge in [0.15, 0.2) is 0 Å². The fraction of sp³-hybridized carbons (Fsp3) is 0.667. The SMILES string of the molecule is CN(CCCC(O)(P(=O)(O)O)P(=O)(O)O)Cc1no[n+]([O-])c1C(N)=O. The molecule has 0 aliphatic rings. The summed E-state index contributed by atoms with van der Waals surface area (Å²) < 4.78 is 26.7. The lowest BCUT2D eigenvalue weighted by Gasteiger charge is -2.29. The number of hydrogen-bond acceptors (Lipinski definition) is 8. The monoisotopic (exact) mass is 404 g/mol. The van der Waals surface area contributed by atoms with Gasteiger partial charge in [0, 0.05) is 11.6 Å². The zero-order chi connectivity index (χ0) is 19.6. The van der Waals surface area contributed by atoms with Crippen LogP contribution in [-0.2, 0) is 15.7 Å². The lowest BCUT2D eigenvalue weighted by atomic mass is 10.2. The molecule has 0 aromatic carbocycles. The predicted octanol–water partition coefficient (Wildman–Crippen LogP) is -2.38. The molecule has 25 heavy (non-hydrogen) atoms. The van der Waals surface area contributed by atoms with Crippen molar-refractivity contribution in [2.24, 2.45) is 5.73 Å². The van der Waals surface area contributed by atoms with E-state index in [1.165, 1.54) is 11.9 Å². The molecule has 1 amide bonds. The van der Waals surface area contributed by atoms with Gasteiger partial charge in [-0.05, 0) is 24.9 Å². The number of nitrogens with two attached hydrogens (primary N) is 1. The fourth-order valence-corrected chi connectivity index (χ4v) is 4.25. The van der Waals surface area contributed by atoms with E-state index in [9.17, 15) is 24.2 Å². The minimum Gasteiger partial charge on any atom is -0.368 e. The summed E-state index contributed by atoms with van der Waals surface area (Å²) in [4.78, 5) is 48.4. The molecule has 0 fully saturated rings. The number of primary amides is 1. The Hall–Kier alpha value is -1.37. The third kappa shape index (κ3) is 4.84. The maximum absolute atomic E-state index is 11.2. The summed E-state index contributed by atoms with van der Waals surface area (Å²) in [6.07, 6.45) is -1.13. The minimum atomic E-state index is -5.51. The Bertz CT molecular complexity index is 702. The van der Waals surface area contributed by atoms with Crippen LogP contribution in [0.3, 0.4) is 0 Å². The molecule has 7 N–H and O–H groups in total. The normalized spacial score (nSPS) is 13.4. The first kappa shape index (κ1) is 21.7. The summed E-state index contributed by atoms with van der Waals surface area (Å²) >= 11 is 0. The van der Waals surface area contributed by atoms with E-state index in [0.717, 1.165) is 0 Å². The van der Waals surface area contributed by atoms with Gasteiger partial charge in [0.25, 0.3) is 16.7 Å². The topological polar surface area (TPSA) is 235 Å². The van der Waals surface area contributed by atoms with E-state index in [0.29, 0.717) is 0 Å². The van der Waals surface area contributed by atoms with Crippen molar-refractivity contribution in [3.05, 3.63) is 16.6 Å². The van der Waals surface area contributed by atoms with Crippen molar-refractivity contribution in [1.29, 1.82) is 0 Å². The molecule has 1 rings (SSSR count). The Kier molecular flexibility index (Phi) is 6.48. The number of rotatable bonds is 9. The van der Waals surface area contributed by atoms with Gasteiger partial charge in [-0.3, -0.25) is 23.5 Å². The van der Waals surface area contributed by atoms with Crippen LogP contribution in [0, 0.1) is 5.21 Å². The van der Waals surface area contributed by atoms with Crippen LogP contribution in [0.1, 0.15) is 29.0 Å². The molecule has 16 heteroatoms. The second-order valence-corrected chi connectivity index (χ2v) is 9.30. The number of carbonyl (C=O) groups excluding carboxylic acids is 1. The molecule has 0 saturated carbocycles. The van der Waals surface area contributed by atoms with Crippen LogP contribution in [-0.4, -0.2) is 59.3 Å². The third-order valence-electron chi connectivity index (χ3n) is 3.32. The molecule has 0 atom stereocenters. The van der Waals surface area contributed by atoms with Gasteiger partial charge >= 0.3 is 15.2 Å². The molecule has 0 aliphatic carbocycles. The molecule has 1 aromatic rings. The zero-order valence-electron chi connectivity index (χ0n) is 12.9. The van der Waals surface area contributed by atoms with Gasteiger partial charge in [0.2, 0.25) is 5.69 Å². The molecule has 0 radical (unpaired) electrons. The van der Waals surface area contributed by atoms with Crippen molar-refractivity contribution in [1.82, 2.24) is 10.1 Å². The maximum atomic E-state index is 11.2. The first-order valence-electron chi connectivity index (χ1n) is 6.61. The highest BCUT2D eigenvalue weighted by molar-refractivity contribution is 7.72. The van der Waals surface area contributed by atoms with Crippen molar-refractivity contribution < 1.29 is 48.1 Å². The van der Waals surface area contributed by atoms with Crippen LogP contribution in [0.25, 0.3) is 0 Å². The van der Waals surface area contributed by atoms with Gasteiger partial charge < -0.3 is 35.6 Å². The molecule has 144 valence electrons. The Labute approximate surface area is 140 Å². The number of amides is 1. The molecular formula is C9H18N4O10P2.